The van der Waals surface area contributed by atoms with Crippen molar-refractivity contribution in [2.24, 2.45) is 0 Å². The molecule has 0 aliphatic rings. The van der Waals surface area contributed by atoms with E-state index in [0.717, 1.165) is 0 Å². The molecule has 0 fully saturated rings. The molecule has 4 nitrogen and oxygen atoms in total. The van der Waals surface area contributed by atoms with Crippen LogP contribution in [0, 0.1) is 0 Å². The first-order chi connectivity index (χ1) is 0. The van der Waals surface area contributed by atoms with Gasteiger partial charge in [0.2, 0.25) is 0 Å². The Hall–Kier alpha value is 0.334. The Morgan fingerprint density at radius 1 is 0.400 bits per heavy atom. The first-order valence-corrected chi connectivity index (χ1v) is 0. The molecule has 0 radical (unpaired) electrons. The van der Waals surface area contributed by atoms with Crippen molar-refractivity contribution < 1.29 is 38.4 Å². The molecule has 5 heteroatoms. The molecule has 0 aliphatic carbocycles. The molecule has 0 rings (SSSR count). The molecular formula is H8NiO4+2. The molecule has 0 aromatic heterocycles. The molecular weight excluding hydrogens is 123 g/mol. The van der Waals surface area contributed by atoms with Crippen LogP contribution in [0.2, 0.25) is 0 Å². The Morgan fingerprint density at radius 2 is 0.400 bits per heavy atom. The summed E-state index contributed by atoms with van der Waals surface area (Å²) in [5.41, 5.74) is 0. The fourth-order valence-corrected chi connectivity index (χ4v) is 0. The summed E-state index contributed by atoms with van der Waals surface area (Å²) < 4.78 is 0. The number of rotatable bonds is 0. The Bertz CT molecular complexity index is 3.61. The van der Waals surface area contributed by atoms with Gasteiger partial charge in [0.05, 0.1) is 0 Å². The summed E-state index contributed by atoms with van der Waals surface area (Å²) in [6, 6.07) is 0. The Balaban J connectivity index is 0. The van der Waals surface area contributed by atoms with Crippen molar-refractivity contribution in [2.75, 3.05) is 0 Å². The van der Waals surface area contributed by atoms with E-state index in [1.165, 1.54) is 0 Å². The standard InChI is InChI=1S/Ni.4H2O/h;4*1H2/q+2;;;;. The third-order valence-electron chi connectivity index (χ3n) is 0. The van der Waals surface area contributed by atoms with Gasteiger partial charge >= 0.3 is 16.5 Å². The van der Waals surface area contributed by atoms with Gasteiger partial charge in [-0.2, -0.15) is 0 Å². The molecule has 0 heterocycles. The molecule has 0 spiro atoms. The van der Waals surface area contributed by atoms with Crippen molar-refractivity contribution in [3.8, 4) is 0 Å². The van der Waals surface area contributed by atoms with Crippen LogP contribution in [-0.4, -0.2) is 21.9 Å². The summed E-state index contributed by atoms with van der Waals surface area (Å²) >= 11 is 0. The van der Waals surface area contributed by atoms with Crippen LogP contribution in [0.15, 0.2) is 0 Å². The summed E-state index contributed by atoms with van der Waals surface area (Å²) in [7, 11) is 0. The van der Waals surface area contributed by atoms with Crippen molar-refractivity contribution >= 4 is 0 Å². The van der Waals surface area contributed by atoms with Gasteiger partial charge in [0, 0.05) is 0 Å². The summed E-state index contributed by atoms with van der Waals surface area (Å²) in [6.45, 7) is 0. The molecule has 8 N–H and O–H groups in total. The van der Waals surface area contributed by atoms with E-state index in [4.69, 9.17) is 0 Å². The van der Waals surface area contributed by atoms with Crippen LogP contribution in [0.1, 0.15) is 0 Å². The number of hydrogen-bond donors (Lipinski definition) is 0. The van der Waals surface area contributed by atoms with Crippen molar-refractivity contribution in [1.82, 2.24) is 0 Å². The Kier molecular flexibility index (Phi) is 78000. The Morgan fingerprint density at radius 3 is 0.400 bits per heavy atom. The Labute approximate surface area is 39.3 Å². The van der Waals surface area contributed by atoms with Gasteiger partial charge in [0.25, 0.3) is 0 Å². The third kappa shape index (κ3) is 212. The van der Waals surface area contributed by atoms with Crippen molar-refractivity contribution in [1.29, 1.82) is 0 Å². The van der Waals surface area contributed by atoms with Crippen molar-refractivity contribution in [3.63, 3.8) is 0 Å². The second kappa shape index (κ2) is 433. The molecule has 0 saturated carbocycles. The van der Waals surface area contributed by atoms with Crippen LogP contribution in [-0.2, 0) is 16.5 Å². The minimum absolute atomic E-state index is 0. The van der Waals surface area contributed by atoms with Gasteiger partial charge in [0.1, 0.15) is 0 Å². The maximum absolute atomic E-state index is 0. The van der Waals surface area contributed by atoms with Gasteiger partial charge in [-0.15, -0.1) is 0 Å². The molecule has 0 atom stereocenters. The van der Waals surface area contributed by atoms with Gasteiger partial charge in [-0.25, -0.2) is 0 Å². The zero-order chi connectivity index (χ0) is 0. The number of hydrogen-bond acceptors (Lipinski definition) is 0. The predicted octanol–water partition coefficient (Wildman–Crippen LogP) is -3.30. The predicted molar refractivity (Wildman–Crippen MR) is 14.5 cm³/mol. The van der Waals surface area contributed by atoms with E-state index in [2.05, 4.69) is 0 Å². The zero-order valence-corrected chi connectivity index (χ0v) is 3.30. The second-order valence-corrected chi connectivity index (χ2v) is 0. The largest absolute Gasteiger partial charge is 2.00 e. The topological polar surface area (TPSA) is 126 Å². The molecule has 0 bridgehead atoms. The summed E-state index contributed by atoms with van der Waals surface area (Å²) in [6.07, 6.45) is 0. The van der Waals surface area contributed by atoms with Crippen molar-refractivity contribution in [3.05, 3.63) is 0 Å². The zero-order valence-electron chi connectivity index (χ0n) is 2.32. The van der Waals surface area contributed by atoms with E-state index in [1.807, 2.05) is 0 Å². The molecule has 0 unspecified atom stereocenters. The minimum atomic E-state index is 0. The van der Waals surface area contributed by atoms with Crippen molar-refractivity contribution in [2.45, 2.75) is 0 Å². The fraction of sp³-hybridized carbons (Fsp3) is 0. The van der Waals surface area contributed by atoms with Gasteiger partial charge in [-0.1, -0.05) is 0 Å². The maximum Gasteiger partial charge on any atom is 2.00 e. The molecule has 0 aromatic carbocycles. The first-order valence-electron chi connectivity index (χ1n) is 0. The molecule has 40 valence electrons. The van der Waals surface area contributed by atoms with Gasteiger partial charge in [0.15, 0.2) is 0 Å². The van der Waals surface area contributed by atoms with E-state index in [1.54, 1.807) is 0 Å². The normalized spacial score (nSPS) is 0. The average Bonchev–Trinajstić information content (AvgIpc) is 0. The first kappa shape index (κ1) is 900. The summed E-state index contributed by atoms with van der Waals surface area (Å²) in [5, 5.41) is 0. The molecule has 0 aliphatic heterocycles. The van der Waals surface area contributed by atoms with Gasteiger partial charge in [-0.05, 0) is 0 Å². The van der Waals surface area contributed by atoms with Crippen LogP contribution >= 0.6 is 0 Å². The van der Waals surface area contributed by atoms with E-state index in [9.17, 15) is 0 Å². The smallest absolute Gasteiger partial charge is 0.412 e. The monoisotopic (exact) mass is 130 g/mol. The van der Waals surface area contributed by atoms with Crippen LogP contribution in [0.3, 0.4) is 0 Å². The quantitative estimate of drug-likeness (QED) is 0.305. The summed E-state index contributed by atoms with van der Waals surface area (Å²) in [5.74, 6) is 0. The van der Waals surface area contributed by atoms with Crippen LogP contribution in [0.25, 0.3) is 0 Å². The van der Waals surface area contributed by atoms with Crippen LogP contribution in [0.4, 0.5) is 0 Å². The second-order valence-electron chi connectivity index (χ2n) is 0. The van der Waals surface area contributed by atoms with Gasteiger partial charge < -0.3 is 21.9 Å². The van der Waals surface area contributed by atoms with Crippen LogP contribution < -0.4 is 0 Å². The fourth-order valence-electron chi connectivity index (χ4n) is 0. The minimum Gasteiger partial charge on any atom is -0.412 e. The van der Waals surface area contributed by atoms with E-state index in [-0.39, 0.29) is 38.4 Å². The maximum atomic E-state index is 0. The van der Waals surface area contributed by atoms with E-state index < -0.39 is 0 Å². The van der Waals surface area contributed by atoms with Gasteiger partial charge in [-0.3, -0.25) is 0 Å². The molecule has 5 heavy (non-hydrogen) atoms. The molecule has 0 amide bonds. The van der Waals surface area contributed by atoms with E-state index >= 15 is 0 Å². The SMILES string of the molecule is O.O.O.O.[Ni+2]. The molecule has 0 aromatic rings. The molecule has 0 saturated heterocycles. The summed E-state index contributed by atoms with van der Waals surface area (Å²) in [4.78, 5) is 0. The average molecular weight is 131 g/mol. The van der Waals surface area contributed by atoms with E-state index in [0.29, 0.717) is 0 Å². The van der Waals surface area contributed by atoms with Crippen LogP contribution in [0.5, 0.6) is 0 Å². The third-order valence-corrected chi connectivity index (χ3v) is 0.